The standard InChI is InChI=1S/C10H7Cl2NO2/c11-8-2-1-3-9(10(8)12)15-6-7(14)4-5-13/h1-3H,4,6H2. The number of halogens is 2. The second-order valence-electron chi connectivity index (χ2n) is 2.71. The van der Waals surface area contributed by atoms with Crippen molar-refractivity contribution in [2.75, 3.05) is 6.61 Å². The van der Waals surface area contributed by atoms with Crippen LogP contribution in [0.2, 0.25) is 10.0 Å². The van der Waals surface area contributed by atoms with Crippen molar-refractivity contribution in [3.63, 3.8) is 0 Å². The third-order valence-electron chi connectivity index (χ3n) is 1.58. The molecule has 1 aromatic carbocycles. The summed E-state index contributed by atoms with van der Waals surface area (Å²) in [7, 11) is 0. The highest BCUT2D eigenvalue weighted by Gasteiger charge is 2.07. The third kappa shape index (κ3) is 3.43. The number of nitriles is 1. The Hall–Kier alpha value is -1.24. The summed E-state index contributed by atoms with van der Waals surface area (Å²) in [4.78, 5) is 11.0. The van der Waals surface area contributed by atoms with Gasteiger partial charge in [-0.25, -0.2) is 0 Å². The zero-order valence-electron chi connectivity index (χ0n) is 7.67. The van der Waals surface area contributed by atoms with Gasteiger partial charge in [-0.05, 0) is 12.1 Å². The zero-order chi connectivity index (χ0) is 11.3. The van der Waals surface area contributed by atoms with Crippen LogP contribution in [-0.4, -0.2) is 12.4 Å². The van der Waals surface area contributed by atoms with Gasteiger partial charge in [0, 0.05) is 0 Å². The van der Waals surface area contributed by atoms with Crippen molar-refractivity contribution in [3.8, 4) is 11.8 Å². The molecule has 0 aliphatic heterocycles. The molecular weight excluding hydrogens is 237 g/mol. The van der Waals surface area contributed by atoms with E-state index < -0.39 is 0 Å². The van der Waals surface area contributed by atoms with Gasteiger partial charge in [-0.1, -0.05) is 29.3 Å². The summed E-state index contributed by atoms with van der Waals surface area (Å²) in [6.45, 7) is -0.173. The Morgan fingerprint density at radius 3 is 2.87 bits per heavy atom. The molecule has 0 saturated carbocycles. The van der Waals surface area contributed by atoms with Crippen molar-refractivity contribution in [2.45, 2.75) is 6.42 Å². The maximum absolute atomic E-state index is 11.0. The van der Waals surface area contributed by atoms with Gasteiger partial charge in [0.05, 0.1) is 17.5 Å². The second kappa shape index (κ2) is 5.59. The van der Waals surface area contributed by atoms with E-state index in [0.29, 0.717) is 10.8 Å². The SMILES string of the molecule is N#CCC(=O)COc1cccc(Cl)c1Cl. The van der Waals surface area contributed by atoms with Crippen LogP contribution in [-0.2, 0) is 4.79 Å². The Kier molecular flexibility index (Phi) is 4.41. The van der Waals surface area contributed by atoms with Gasteiger partial charge in [-0.15, -0.1) is 0 Å². The minimum Gasteiger partial charge on any atom is -0.484 e. The number of benzene rings is 1. The van der Waals surface area contributed by atoms with Gasteiger partial charge in [0.15, 0.2) is 5.78 Å². The molecule has 3 nitrogen and oxygen atoms in total. The van der Waals surface area contributed by atoms with E-state index in [1.807, 2.05) is 0 Å². The minimum atomic E-state index is -0.298. The summed E-state index contributed by atoms with van der Waals surface area (Å²) in [5.41, 5.74) is 0. The molecule has 78 valence electrons. The number of Topliss-reactive ketones (excluding diaryl/α,β-unsaturated/α-hetero) is 1. The molecule has 0 amide bonds. The summed E-state index contributed by atoms with van der Waals surface area (Å²) >= 11 is 11.6. The lowest BCUT2D eigenvalue weighted by Gasteiger charge is -2.06. The van der Waals surface area contributed by atoms with E-state index in [4.69, 9.17) is 33.2 Å². The van der Waals surface area contributed by atoms with Gasteiger partial charge in [-0.3, -0.25) is 4.79 Å². The molecular formula is C10H7Cl2NO2. The van der Waals surface area contributed by atoms with Crippen LogP contribution in [0, 0.1) is 11.3 Å². The summed E-state index contributed by atoms with van der Waals surface area (Å²) in [5, 5.41) is 8.89. The monoisotopic (exact) mass is 243 g/mol. The van der Waals surface area contributed by atoms with E-state index >= 15 is 0 Å². The molecule has 0 N–H and O–H groups in total. The number of hydrogen-bond acceptors (Lipinski definition) is 3. The predicted octanol–water partition coefficient (Wildman–Crippen LogP) is 2.85. The molecule has 0 aliphatic carbocycles. The van der Waals surface area contributed by atoms with Crippen LogP contribution in [0.5, 0.6) is 5.75 Å². The van der Waals surface area contributed by atoms with E-state index in [0.717, 1.165) is 0 Å². The van der Waals surface area contributed by atoms with E-state index in [9.17, 15) is 4.79 Å². The van der Waals surface area contributed by atoms with Gasteiger partial charge in [0.25, 0.3) is 0 Å². The zero-order valence-corrected chi connectivity index (χ0v) is 9.18. The average molecular weight is 244 g/mol. The highest BCUT2D eigenvalue weighted by molar-refractivity contribution is 6.42. The lowest BCUT2D eigenvalue weighted by Crippen LogP contribution is -2.10. The number of nitrogens with zero attached hydrogens (tertiary/aromatic N) is 1. The first-order chi connectivity index (χ1) is 7.15. The molecule has 0 bridgehead atoms. The Labute approximate surface area is 97.2 Å². The van der Waals surface area contributed by atoms with Crippen molar-refractivity contribution >= 4 is 29.0 Å². The fourth-order valence-electron chi connectivity index (χ4n) is 0.893. The predicted molar refractivity (Wildman–Crippen MR) is 57.2 cm³/mol. The van der Waals surface area contributed by atoms with Crippen LogP contribution in [0.3, 0.4) is 0 Å². The van der Waals surface area contributed by atoms with E-state index in [1.165, 1.54) is 0 Å². The molecule has 0 atom stereocenters. The van der Waals surface area contributed by atoms with Crippen LogP contribution >= 0.6 is 23.2 Å². The first-order valence-corrected chi connectivity index (χ1v) is 4.86. The van der Waals surface area contributed by atoms with E-state index in [1.54, 1.807) is 24.3 Å². The second-order valence-corrected chi connectivity index (χ2v) is 3.50. The van der Waals surface area contributed by atoms with Crippen LogP contribution in [0.15, 0.2) is 18.2 Å². The minimum absolute atomic E-state index is 0.168. The fraction of sp³-hybridized carbons (Fsp3) is 0.200. The van der Waals surface area contributed by atoms with Gasteiger partial charge >= 0.3 is 0 Å². The number of carbonyl (C=O) groups excluding carboxylic acids is 1. The molecule has 0 unspecified atom stereocenters. The van der Waals surface area contributed by atoms with Crippen molar-refractivity contribution in [1.82, 2.24) is 0 Å². The maximum Gasteiger partial charge on any atom is 0.184 e. The number of hydrogen-bond donors (Lipinski definition) is 0. The highest BCUT2D eigenvalue weighted by Crippen LogP contribution is 2.31. The van der Waals surface area contributed by atoms with Gasteiger partial charge < -0.3 is 4.74 Å². The Balaban J connectivity index is 2.63. The third-order valence-corrected chi connectivity index (χ3v) is 2.38. The highest BCUT2D eigenvalue weighted by atomic mass is 35.5. The van der Waals surface area contributed by atoms with Crippen LogP contribution in [0.25, 0.3) is 0 Å². The number of ether oxygens (including phenoxy) is 1. The summed E-state index contributed by atoms with van der Waals surface area (Å²) in [5.74, 6) is 0.0454. The molecule has 1 rings (SSSR count). The molecule has 5 heteroatoms. The van der Waals surface area contributed by atoms with E-state index in [-0.39, 0.29) is 23.8 Å². The van der Waals surface area contributed by atoms with Crippen molar-refractivity contribution in [1.29, 1.82) is 5.26 Å². The smallest absolute Gasteiger partial charge is 0.184 e. The lowest BCUT2D eigenvalue weighted by molar-refractivity contribution is -0.120. The largest absolute Gasteiger partial charge is 0.484 e. The molecule has 0 heterocycles. The average Bonchev–Trinajstić information content (AvgIpc) is 2.21. The Bertz CT molecular complexity index is 412. The Morgan fingerprint density at radius 1 is 1.47 bits per heavy atom. The van der Waals surface area contributed by atoms with Gasteiger partial charge in [0.2, 0.25) is 0 Å². The van der Waals surface area contributed by atoms with E-state index in [2.05, 4.69) is 0 Å². The molecule has 0 aliphatic rings. The van der Waals surface area contributed by atoms with Crippen LogP contribution in [0.4, 0.5) is 0 Å². The van der Waals surface area contributed by atoms with Gasteiger partial charge in [0.1, 0.15) is 17.4 Å². The topological polar surface area (TPSA) is 50.1 Å². The molecule has 15 heavy (non-hydrogen) atoms. The van der Waals surface area contributed by atoms with Gasteiger partial charge in [-0.2, -0.15) is 5.26 Å². The summed E-state index contributed by atoms with van der Waals surface area (Å²) in [6, 6.07) is 6.63. The molecule has 0 fully saturated rings. The van der Waals surface area contributed by atoms with Crippen LogP contribution < -0.4 is 4.74 Å². The molecule has 0 aromatic heterocycles. The van der Waals surface area contributed by atoms with Crippen LogP contribution in [0.1, 0.15) is 6.42 Å². The number of carbonyl (C=O) groups is 1. The fourth-order valence-corrected chi connectivity index (χ4v) is 1.24. The van der Waals surface area contributed by atoms with Crippen molar-refractivity contribution in [3.05, 3.63) is 28.2 Å². The maximum atomic E-state index is 11.0. The van der Waals surface area contributed by atoms with Crippen molar-refractivity contribution in [2.24, 2.45) is 0 Å². The lowest BCUT2D eigenvalue weighted by atomic mass is 10.3. The first kappa shape index (κ1) is 11.8. The Morgan fingerprint density at radius 2 is 2.20 bits per heavy atom. The first-order valence-electron chi connectivity index (χ1n) is 4.10. The van der Waals surface area contributed by atoms with Crippen molar-refractivity contribution < 1.29 is 9.53 Å². The molecule has 0 spiro atoms. The number of rotatable bonds is 4. The molecule has 0 radical (unpaired) electrons. The quantitative estimate of drug-likeness (QED) is 0.818. The molecule has 1 aromatic rings. The normalized spacial score (nSPS) is 9.40. The molecule has 0 saturated heterocycles. The summed E-state index contributed by atoms with van der Waals surface area (Å²) in [6.07, 6.45) is -0.168. The summed E-state index contributed by atoms with van der Waals surface area (Å²) < 4.78 is 5.11. The number of ketones is 1.